The molecule has 76 valence electrons. The lowest BCUT2D eigenvalue weighted by Crippen LogP contribution is -2.15. The number of carbonyl (C=O) groups excluding carboxylic acids is 1. The highest BCUT2D eigenvalue weighted by Gasteiger charge is 2.05. The molecule has 0 aliphatic heterocycles. The number of hydrogen-bond donors (Lipinski definition) is 1. The number of amides is 1. The van der Waals surface area contributed by atoms with E-state index in [0.717, 1.165) is 12.0 Å². The number of nitrogens with zero attached hydrogens (tertiary/aromatic N) is 2. The molecule has 0 saturated carbocycles. The molecule has 0 spiro atoms. The Morgan fingerprint density at radius 3 is 2.80 bits per heavy atom. The first kappa shape index (κ1) is 9.39. The van der Waals surface area contributed by atoms with Crippen LogP contribution in [-0.4, -0.2) is 16.0 Å². The molecule has 2 rings (SSSR count). The van der Waals surface area contributed by atoms with Crippen molar-refractivity contribution in [2.24, 2.45) is 0 Å². The Morgan fingerprint density at radius 1 is 1.33 bits per heavy atom. The number of anilines is 1. The number of hydrogen-bond acceptors (Lipinski definition) is 4. The van der Waals surface area contributed by atoms with Crippen LogP contribution in [0.25, 0.3) is 0 Å². The molecule has 1 amide bonds. The maximum absolute atomic E-state index is 11.4. The van der Waals surface area contributed by atoms with E-state index in [1.54, 1.807) is 0 Å². The SMILES string of the molecule is O=C(Cc1ccccc1)Nc1ncon1. The maximum atomic E-state index is 11.4. The summed E-state index contributed by atoms with van der Waals surface area (Å²) in [6.07, 6.45) is 1.47. The second-order valence-electron chi connectivity index (χ2n) is 2.97. The highest BCUT2D eigenvalue weighted by molar-refractivity contribution is 5.90. The smallest absolute Gasteiger partial charge is 0.269 e. The van der Waals surface area contributed by atoms with E-state index in [1.807, 2.05) is 30.3 Å². The van der Waals surface area contributed by atoms with Crippen molar-refractivity contribution in [3.05, 3.63) is 42.3 Å². The molecule has 0 unspecified atom stereocenters. The first-order chi connectivity index (χ1) is 7.34. The third-order valence-corrected chi connectivity index (χ3v) is 1.82. The lowest BCUT2D eigenvalue weighted by Gasteiger charge is -1.99. The van der Waals surface area contributed by atoms with Crippen LogP contribution in [0.4, 0.5) is 5.95 Å². The van der Waals surface area contributed by atoms with Crippen LogP contribution in [0.3, 0.4) is 0 Å². The second-order valence-corrected chi connectivity index (χ2v) is 2.97. The normalized spacial score (nSPS) is 9.87. The first-order valence-electron chi connectivity index (χ1n) is 4.45. The van der Waals surface area contributed by atoms with E-state index < -0.39 is 0 Å². The summed E-state index contributed by atoms with van der Waals surface area (Å²) in [6, 6.07) is 9.44. The summed E-state index contributed by atoms with van der Waals surface area (Å²) in [5, 5.41) is 6.00. The first-order valence-corrected chi connectivity index (χ1v) is 4.45. The summed E-state index contributed by atoms with van der Waals surface area (Å²) in [6.45, 7) is 0. The Kier molecular flexibility index (Phi) is 2.73. The van der Waals surface area contributed by atoms with Gasteiger partial charge in [-0.1, -0.05) is 30.3 Å². The van der Waals surface area contributed by atoms with Crippen molar-refractivity contribution in [3.63, 3.8) is 0 Å². The highest BCUT2D eigenvalue weighted by Crippen LogP contribution is 2.02. The van der Waals surface area contributed by atoms with Gasteiger partial charge in [0.1, 0.15) is 0 Å². The van der Waals surface area contributed by atoms with Gasteiger partial charge in [0.25, 0.3) is 5.95 Å². The van der Waals surface area contributed by atoms with Crippen LogP contribution in [0.5, 0.6) is 0 Å². The number of aromatic nitrogens is 2. The molecule has 1 heterocycles. The Morgan fingerprint density at radius 2 is 2.13 bits per heavy atom. The van der Waals surface area contributed by atoms with E-state index in [4.69, 9.17) is 0 Å². The molecule has 0 bridgehead atoms. The molecule has 0 aliphatic carbocycles. The molecule has 2 aromatic rings. The van der Waals surface area contributed by atoms with Gasteiger partial charge in [-0.05, 0) is 10.7 Å². The fourth-order valence-corrected chi connectivity index (χ4v) is 1.18. The van der Waals surface area contributed by atoms with Gasteiger partial charge >= 0.3 is 0 Å². The third-order valence-electron chi connectivity index (χ3n) is 1.82. The van der Waals surface area contributed by atoms with Gasteiger partial charge in [0.15, 0.2) is 0 Å². The van der Waals surface area contributed by atoms with E-state index in [0.29, 0.717) is 6.42 Å². The van der Waals surface area contributed by atoms with Crippen molar-refractivity contribution in [1.82, 2.24) is 10.1 Å². The largest absolute Gasteiger partial charge is 0.341 e. The summed E-state index contributed by atoms with van der Waals surface area (Å²) in [7, 11) is 0. The highest BCUT2D eigenvalue weighted by atomic mass is 16.5. The zero-order valence-electron chi connectivity index (χ0n) is 7.88. The molecular weight excluding hydrogens is 194 g/mol. The van der Waals surface area contributed by atoms with Gasteiger partial charge in [-0.3, -0.25) is 10.1 Å². The third kappa shape index (κ3) is 2.63. The Balaban J connectivity index is 1.94. The summed E-state index contributed by atoms with van der Waals surface area (Å²) in [5.41, 5.74) is 0.943. The van der Waals surface area contributed by atoms with Crippen LogP contribution >= 0.6 is 0 Å². The van der Waals surface area contributed by atoms with Crippen LogP contribution in [0.1, 0.15) is 5.56 Å². The minimum atomic E-state index is -0.164. The summed E-state index contributed by atoms with van der Waals surface area (Å²) in [5.74, 6) is 0.0264. The van der Waals surface area contributed by atoms with Crippen LogP contribution in [0.2, 0.25) is 0 Å². The maximum Gasteiger partial charge on any atom is 0.269 e. The zero-order chi connectivity index (χ0) is 10.5. The Bertz CT molecular complexity index is 425. The molecule has 5 nitrogen and oxygen atoms in total. The minimum absolute atomic E-state index is 0.164. The predicted octanol–water partition coefficient (Wildman–Crippen LogP) is 1.25. The molecule has 15 heavy (non-hydrogen) atoms. The second kappa shape index (κ2) is 4.36. The van der Waals surface area contributed by atoms with Crippen molar-refractivity contribution in [1.29, 1.82) is 0 Å². The monoisotopic (exact) mass is 203 g/mol. The van der Waals surface area contributed by atoms with E-state index in [1.165, 1.54) is 0 Å². The molecule has 0 saturated heterocycles. The summed E-state index contributed by atoms with van der Waals surface area (Å²) >= 11 is 0. The Labute approximate surface area is 86.1 Å². The molecule has 1 N–H and O–H groups in total. The van der Waals surface area contributed by atoms with Crippen molar-refractivity contribution in [2.45, 2.75) is 6.42 Å². The summed E-state index contributed by atoms with van der Waals surface area (Å²) in [4.78, 5) is 15.1. The quantitative estimate of drug-likeness (QED) is 0.815. The molecule has 1 aromatic carbocycles. The van der Waals surface area contributed by atoms with Gasteiger partial charge in [-0.25, -0.2) is 0 Å². The van der Waals surface area contributed by atoms with Gasteiger partial charge in [-0.2, -0.15) is 4.98 Å². The zero-order valence-corrected chi connectivity index (χ0v) is 7.88. The average molecular weight is 203 g/mol. The fraction of sp³-hybridized carbons (Fsp3) is 0.100. The van der Waals surface area contributed by atoms with E-state index in [2.05, 4.69) is 20.0 Å². The van der Waals surface area contributed by atoms with Crippen LogP contribution in [0.15, 0.2) is 41.2 Å². The fourth-order valence-electron chi connectivity index (χ4n) is 1.18. The summed E-state index contributed by atoms with van der Waals surface area (Å²) < 4.78 is 4.49. The van der Waals surface area contributed by atoms with Crippen LogP contribution < -0.4 is 5.32 Å². The Hall–Kier alpha value is -2.17. The lowest BCUT2D eigenvalue weighted by molar-refractivity contribution is -0.115. The van der Waals surface area contributed by atoms with Crippen molar-refractivity contribution in [3.8, 4) is 0 Å². The minimum Gasteiger partial charge on any atom is -0.341 e. The van der Waals surface area contributed by atoms with Crippen molar-refractivity contribution < 1.29 is 9.32 Å². The number of carbonyl (C=O) groups is 1. The van der Waals surface area contributed by atoms with Crippen molar-refractivity contribution in [2.75, 3.05) is 5.32 Å². The standard InChI is InChI=1S/C10H9N3O2/c14-9(12-10-11-7-15-13-10)6-8-4-2-1-3-5-8/h1-5,7H,6H2,(H,12,13,14). The van der Waals surface area contributed by atoms with E-state index in [9.17, 15) is 4.79 Å². The van der Waals surface area contributed by atoms with Gasteiger partial charge in [0.05, 0.1) is 6.42 Å². The van der Waals surface area contributed by atoms with Gasteiger partial charge < -0.3 is 4.52 Å². The van der Waals surface area contributed by atoms with Gasteiger partial charge in [0.2, 0.25) is 12.3 Å². The molecule has 0 atom stereocenters. The molecule has 0 aliphatic rings. The molecular formula is C10H9N3O2. The van der Waals surface area contributed by atoms with Crippen LogP contribution in [0, 0.1) is 0 Å². The van der Waals surface area contributed by atoms with E-state index in [-0.39, 0.29) is 11.9 Å². The number of rotatable bonds is 3. The topological polar surface area (TPSA) is 68.0 Å². The molecule has 1 aromatic heterocycles. The van der Waals surface area contributed by atoms with Crippen LogP contribution in [-0.2, 0) is 11.2 Å². The van der Waals surface area contributed by atoms with Crippen molar-refractivity contribution >= 4 is 11.9 Å². The predicted molar refractivity (Wildman–Crippen MR) is 53.1 cm³/mol. The van der Waals surface area contributed by atoms with Gasteiger partial charge in [-0.15, -0.1) is 0 Å². The van der Waals surface area contributed by atoms with Gasteiger partial charge in [0, 0.05) is 0 Å². The molecule has 5 heteroatoms. The average Bonchev–Trinajstić information content (AvgIpc) is 2.71. The number of nitrogens with one attached hydrogen (secondary N) is 1. The van der Waals surface area contributed by atoms with E-state index >= 15 is 0 Å². The molecule has 0 radical (unpaired) electrons. The number of benzene rings is 1. The lowest BCUT2D eigenvalue weighted by atomic mass is 10.1. The molecule has 0 fully saturated rings.